The van der Waals surface area contributed by atoms with Gasteiger partial charge in [0.25, 0.3) is 0 Å². The maximum Gasteiger partial charge on any atom is 0.315 e. The predicted molar refractivity (Wildman–Crippen MR) is 42.0 cm³/mol. The average Bonchev–Trinajstić information content (AvgIpc) is 1.98. The molecule has 64 valence electrons. The molecule has 3 nitrogen and oxygen atoms in total. The molecule has 0 bridgehead atoms. The molecule has 3 heteroatoms. The summed E-state index contributed by atoms with van der Waals surface area (Å²) in [4.78, 5) is 10.9. The molecule has 0 saturated heterocycles. The van der Waals surface area contributed by atoms with Crippen LogP contribution in [-0.2, 0) is 9.53 Å². The van der Waals surface area contributed by atoms with E-state index in [0.29, 0.717) is 0 Å². The highest BCUT2D eigenvalue weighted by Crippen LogP contribution is 2.07. The van der Waals surface area contributed by atoms with Crippen LogP contribution in [-0.4, -0.2) is 24.3 Å². The van der Waals surface area contributed by atoms with Crippen molar-refractivity contribution in [2.75, 3.05) is 7.11 Å². The van der Waals surface area contributed by atoms with Gasteiger partial charge in [-0.05, 0) is 13.8 Å². The van der Waals surface area contributed by atoms with Gasteiger partial charge in [0.15, 0.2) is 0 Å². The number of carbonyl (C=O) groups excluding carboxylic acids is 1. The summed E-state index contributed by atoms with van der Waals surface area (Å²) >= 11 is 0. The van der Waals surface area contributed by atoms with Crippen molar-refractivity contribution < 1.29 is 14.6 Å². The van der Waals surface area contributed by atoms with Crippen LogP contribution in [0.1, 0.15) is 13.8 Å². The standard InChI is InChI=1S/C8H14O3/c1-4-5-7(6(2)9)8(10)11-3/h4-7,9H,1-3H3/b5-4-/t6-,7-/m0/s1. The number of methoxy groups -OCH3 is 1. The van der Waals surface area contributed by atoms with Crippen LogP contribution in [0.25, 0.3) is 0 Å². The summed E-state index contributed by atoms with van der Waals surface area (Å²) in [5.74, 6) is -0.942. The lowest BCUT2D eigenvalue weighted by Crippen LogP contribution is -2.24. The van der Waals surface area contributed by atoms with Gasteiger partial charge in [0.05, 0.1) is 13.2 Å². The Morgan fingerprint density at radius 3 is 2.45 bits per heavy atom. The summed E-state index contributed by atoms with van der Waals surface area (Å²) in [6.07, 6.45) is 2.64. The van der Waals surface area contributed by atoms with Crippen LogP contribution in [0.5, 0.6) is 0 Å². The van der Waals surface area contributed by atoms with E-state index in [2.05, 4.69) is 4.74 Å². The molecule has 0 saturated carbocycles. The van der Waals surface area contributed by atoms with E-state index in [-0.39, 0.29) is 0 Å². The van der Waals surface area contributed by atoms with E-state index >= 15 is 0 Å². The van der Waals surface area contributed by atoms with Crippen LogP contribution < -0.4 is 0 Å². The van der Waals surface area contributed by atoms with Crippen molar-refractivity contribution in [1.82, 2.24) is 0 Å². The molecule has 1 N–H and O–H groups in total. The van der Waals surface area contributed by atoms with Gasteiger partial charge in [0.1, 0.15) is 5.92 Å². The van der Waals surface area contributed by atoms with Gasteiger partial charge in [0, 0.05) is 0 Å². The van der Waals surface area contributed by atoms with Crippen molar-refractivity contribution in [2.45, 2.75) is 20.0 Å². The van der Waals surface area contributed by atoms with Gasteiger partial charge in [-0.25, -0.2) is 0 Å². The van der Waals surface area contributed by atoms with Gasteiger partial charge in [-0.3, -0.25) is 4.79 Å². The third kappa shape index (κ3) is 3.18. The molecule has 0 aliphatic heterocycles. The van der Waals surface area contributed by atoms with Crippen molar-refractivity contribution in [1.29, 1.82) is 0 Å². The molecule has 0 spiro atoms. The van der Waals surface area contributed by atoms with Crippen LogP contribution >= 0.6 is 0 Å². The van der Waals surface area contributed by atoms with Crippen LogP contribution in [0.15, 0.2) is 12.2 Å². The topological polar surface area (TPSA) is 46.5 Å². The summed E-state index contributed by atoms with van der Waals surface area (Å²) < 4.78 is 4.48. The van der Waals surface area contributed by atoms with E-state index in [1.165, 1.54) is 7.11 Å². The number of ether oxygens (including phenoxy) is 1. The normalized spacial score (nSPS) is 16.4. The highest BCUT2D eigenvalue weighted by molar-refractivity contribution is 5.74. The fraction of sp³-hybridized carbons (Fsp3) is 0.625. The van der Waals surface area contributed by atoms with E-state index in [4.69, 9.17) is 5.11 Å². The molecular formula is C8H14O3. The minimum Gasteiger partial charge on any atom is -0.468 e. The second-order valence-corrected chi connectivity index (χ2v) is 2.32. The van der Waals surface area contributed by atoms with Gasteiger partial charge in [0.2, 0.25) is 0 Å². The predicted octanol–water partition coefficient (Wildman–Crippen LogP) is 0.732. The van der Waals surface area contributed by atoms with Gasteiger partial charge in [-0.15, -0.1) is 0 Å². The van der Waals surface area contributed by atoms with Crippen molar-refractivity contribution in [3.05, 3.63) is 12.2 Å². The Kier molecular flexibility index (Phi) is 4.54. The van der Waals surface area contributed by atoms with E-state index in [1.807, 2.05) is 0 Å². The minimum absolute atomic E-state index is 0.405. The van der Waals surface area contributed by atoms with Crippen LogP contribution in [0, 0.1) is 5.92 Å². The number of allylic oxidation sites excluding steroid dienone is 1. The second-order valence-electron chi connectivity index (χ2n) is 2.32. The van der Waals surface area contributed by atoms with Crippen molar-refractivity contribution >= 4 is 5.97 Å². The Balaban J connectivity index is 4.21. The Hall–Kier alpha value is -0.830. The third-order valence-corrected chi connectivity index (χ3v) is 1.39. The lowest BCUT2D eigenvalue weighted by molar-refractivity contribution is -0.146. The summed E-state index contributed by atoms with van der Waals surface area (Å²) in [6, 6.07) is 0. The summed E-state index contributed by atoms with van der Waals surface area (Å²) in [5, 5.41) is 9.09. The molecule has 0 aliphatic carbocycles. The zero-order chi connectivity index (χ0) is 8.85. The number of hydrogen-bond acceptors (Lipinski definition) is 3. The zero-order valence-corrected chi connectivity index (χ0v) is 7.07. The van der Waals surface area contributed by atoms with Gasteiger partial charge >= 0.3 is 5.97 Å². The van der Waals surface area contributed by atoms with E-state index < -0.39 is 18.0 Å². The molecule has 0 fully saturated rings. The molecule has 0 aromatic rings. The highest BCUT2D eigenvalue weighted by Gasteiger charge is 2.20. The number of aliphatic hydroxyl groups is 1. The Labute approximate surface area is 66.7 Å². The molecule has 0 rings (SSSR count). The lowest BCUT2D eigenvalue weighted by Gasteiger charge is -2.12. The van der Waals surface area contributed by atoms with Crippen LogP contribution in [0.3, 0.4) is 0 Å². The zero-order valence-electron chi connectivity index (χ0n) is 7.07. The maximum absolute atomic E-state index is 10.9. The first-order valence-electron chi connectivity index (χ1n) is 3.52. The van der Waals surface area contributed by atoms with Crippen molar-refractivity contribution in [3.63, 3.8) is 0 Å². The fourth-order valence-corrected chi connectivity index (χ4v) is 0.780. The number of hydrogen-bond donors (Lipinski definition) is 1. The summed E-state index contributed by atoms with van der Waals surface area (Å²) in [6.45, 7) is 3.35. The van der Waals surface area contributed by atoms with Crippen molar-refractivity contribution in [2.24, 2.45) is 5.92 Å². The van der Waals surface area contributed by atoms with Crippen LogP contribution in [0.2, 0.25) is 0 Å². The molecule has 0 aliphatic rings. The number of rotatable bonds is 3. The molecule has 0 radical (unpaired) electrons. The van der Waals surface area contributed by atoms with Gasteiger partial charge < -0.3 is 9.84 Å². The molecule has 0 aromatic heterocycles. The van der Waals surface area contributed by atoms with E-state index in [9.17, 15) is 4.79 Å². The average molecular weight is 158 g/mol. The summed E-state index contributed by atoms with van der Waals surface area (Å²) in [5.41, 5.74) is 0. The maximum atomic E-state index is 10.9. The molecule has 11 heavy (non-hydrogen) atoms. The fourth-order valence-electron chi connectivity index (χ4n) is 0.780. The SMILES string of the molecule is C/C=C\[C@H](C(=O)OC)[C@H](C)O. The first-order chi connectivity index (χ1) is 5.13. The highest BCUT2D eigenvalue weighted by atomic mass is 16.5. The number of aliphatic hydroxyl groups excluding tert-OH is 1. The Bertz CT molecular complexity index is 149. The van der Waals surface area contributed by atoms with E-state index in [0.717, 1.165) is 0 Å². The smallest absolute Gasteiger partial charge is 0.315 e. The monoisotopic (exact) mass is 158 g/mol. The molecular weight excluding hydrogens is 144 g/mol. The van der Waals surface area contributed by atoms with E-state index in [1.54, 1.807) is 26.0 Å². The first kappa shape index (κ1) is 10.2. The largest absolute Gasteiger partial charge is 0.468 e. The van der Waals surface area contributed by atoms with Gasteiger partial charge in [-0.2, -0.15) is 0 Å². The number of esters is 1. The van der Waals surface area contributed by atoms with Crippen molar-refractivity contribution in [3.8, 4) is 0 Å². The third-order valence-electron chi connectivity index (χ3n) is 1.39. The van der Waals surface area contributed by atoms with Crippen LogP contribution in [0.4, 0.5) is 0 Å². The Morgan fingerprint density at radius 2 is 2.18 bits per heavy atom. The first-order valence-corrected chi connectivity index (χ1v) is 3.52. The molecule has 0 unspecified atom stereocenters. The van der Waals surface area contributed by atoms with Gasteiger partial charge in [-0.1, -0.05) is 12.2 Å². The molecule has 0 amide bonds. The quantitative estimate of drug-likeness (QED) is 0.486. The lowest BCUT2D eigenvalue weighted by atomic mass is 10.0. The molecule has 0 heterocycles. The molecule has 2 atom stereocenters. The summed E-state index contributed by atoms with van der Waals surface area (Å²) in [7, 11) is 1.31. The minimum atomic E-state index is -0.696. The second kappa shape index (κ2) is 4.91. The Morgan fingerprint density at radius 1 is 1.64 bits per heavy atom. The number of carbonyl (C=O) groups is 1. The molecule has 0 aromatic carbocycles.